The van der Waals surface area contributed by atoms with Gasteiger partial charge in [0.15, 0.2) is 0 Å². The first-order valence-electron chi connectivity index (χ1n) is 8.95. The van der Waals surface area contributed by atoms with Crippen molar-refractivity contribution in [2.24, 2.45) is 0 Å². The van der Waals surface area contributed by atoms with Crippen LogP contribution in [-0.2, 0) is 27.8 Å². The summed E-state index contributed by atoms with van der Waals surface area (Å²) in [5.74, 6) is 0.104. The van der Waals surface area contributed by atoms with E-state index < -0.39 is 10.0 Å². The molecule has 0 unspecified atom stereocenters. The number of sulfonamides is 1. The van der Waals surface area contributed by atoms with Crippen molar-refractivity contribution in [3.8, 4) is 0 Å². The SMILES string of the molecule is Cc1cc(N2CCCC2=O)ccc1S(=O)(=O)N1CCc2ccccc2C1. The topological polar surface area (TPSA) is 57.7 Å². The largest absolute Gasteiger partial charge is 0.312 e. The summed E-state index contributed by atoms with van der Waals surface area (Å²) in [6, 6.07) is 13.2. The van der Waals surface area contributed by atoms with E-state index in [1.807, 2.05) is 24.3 Å². The van der Waals surface area contributed by atoms with Crippen molar-refractivity contribution >= 4 is 21.6 Å². The Morgan fingerprint density at radius 1 is 0.962 bits per heavy atom. The molecule has 1 fully saturated rings. The highest BCUT2D eigenvalue weighted by molar-refractivity contribution is 7.89. The van der Waals surface area contributed by atoms with Gasteiger partial charge in [0.05, 0.1) is 4.90 Å². The average molecular weight is 370 g/mol. The summed E-state index contributed by atoms with van der Waals surface area (Å²) >= 11 is 0. The molecule has 0 radical (unpaired) electrons. The van der Waals surface area contributed by atoms with Crippen LogP contribution >= 0.6 is 0 Å². The highest BCUT2D eigenvalue weighted by Crippen LogP contribution is 2.30. The minimum atomic E-state index is -3.56. The zero-order chi connectivity index (χ0) is 18.3. The maximum absolute atomic E-state index is 13.2. The van der Waals surface area contributed by atoms with Crippen LogP contribution in [0, 0.1) is 6.92 Å². The number of rotatable bonds is 3. The molecule has 4 rings (SSSR count). The van der Waals surface area contributed by atoms with Gasteiger partial charge in [-0.3, -0.25) is 4.79 Å². The summed E-state index contributed by atoms with van der Waals surface area (Å²) in [5.41, 5.74) is 3.76. The smallest absolute Gasteiger partial charge is 0.243 e. The third-order valence-corrected chi connectivity index (χ3v) is 7.26. The number of amides is 1. The molecule has 0 aromatic heterocycles. The van der Waals surface area contributed by atoms with Crippen LogP contribution in [0.15, 0.2) is 47.4 Å². The molecule has 2 aliphatic rings. The van der Waals surface area contributed by atoms with Crippen molar-refractivity contribution in [3.05, 3.63) is 59.2 Å². The molecular weight excluding hydrogens is 348 g/mol. The Balaban J connectivity index is 1.63. The van der Waals surface area contributed by atoms with Crippen LogP contribution in [-0.4, -0.2) is 31.7 Å². The summed E-state index contributed by atoms with van der Waals surface area (Å²) < 4.78 is 27.9. The number of hydrogen-bond acceptors (Lipinski definition) is 3. The van der Waals surface area contributed by atoms with E-state index in [0.717, 1.165) is 24.1 Å². The van der Waals surface area contributed by atoms with Gasteiger partial charge in [0, 0.05) is 31.7 Å². The van der Waals surface area contributed by atoms with Gasteiger partial charge in [-0.1, -0.05) is 24.3 Å². The molecule has 1 amide bonds. The number of fused-ring (bicyclic) bond motifs is 1. The molecule has 0 N–H and O–H groups in total. The Hall–Kier alpha value is -2.18. The number of carbonyl (C=O) groups is 1. The van der Waals surface area contributed by atoms with Gasteiger partial charge in [-0.2, -0.15) is 4.31 Å². The van der Waals surface area contributed by atoms with Crippen LogP contribution in [0.5, 0.6) is 0 Å². The predicted molar refractivity (Wildman–Crippen MR) is 101 cm³/mol. The van der Waals surface area contributed by atoms with Crippen LogP contribution in [0.1, 0.15) is 29.5 Å². The first-order chi connectivity index (χ1) is 12.5. The van der Waals surface area contributed by atoms with Crippen LogP contribution < -0.4 is 4.90 Å². The molecular formula is C20H22N2O3S. The van der Waals surface area contributed by atoms with E-state index in [4.69, 9.17) is 0 Å². The van der Waals surface area contributed by atoms with Gasteiger partial charge in [-0.25, -0.2) is 8.42 Å². The molecule has 0 spiro atoms. The van der Waals surface area contributed by atoms with E-state index in [2.05, 4.69) is 6.07 Å². The third-order valence-electron chi connectivity index (χ3n) is 5.26. The summed E-state index contributed by atoms with van der Waals surface area (Å²) in [6.45, 7) is 3.40. The van der Waals surface area contributed by atoms with Gasteiger partial charge in [-0.05, 0) is 54.7 Å². The number of aryl methyl sites for hydroxylation is 1. The van der Waals surface area contributed by atoms with E-state index in [1.54, 1.807) is 28.3 Å². The lowest BCUT2D eigenvalue weighted by Crippen LogP contribution is -2.36. The number of benzene rings is 2. The molecule has 6 heteroatoms. The summed E-state index contributed by atoms with van der Waals surface area (Å²) in [5, 5.41) is 0. The average Bonchev–Trinajstić information content (AvgIpc) is 3.07. The van der Waals surface area contributed by atoms with Gasteiger partial charge in [0.2, 0.25) is 15.9 Å². The van der Waals surface area contributed by atoms with Gasteiger partial charge < -0.3 is 4.90 Å². The lowest BCUT2D eigenvalue weighted by molar-refractivity contribution is -0.117. The fourth-order valence-electron chi connectivity index (χ4n) is 3.83. The van der Waals surface area contributed by atoms with Crippen molar-refractivity contribution in [1.29, 1.82) is 0 Å². The van der Waals surface area contributed by atoms with Crippen molar-refractivity contribution < 1.29 is 13.2 Å². The Labute approximate surface area is 154 Å². The summed E-state index contributed by atoms with van der Waals surface area (Å²) in [6.07, 6.45) is 2.15. The Morgan fingerprint density at radius 2 is 1.73 bits per heavy atom. The fraction of sp³-hybridized carbons (Fsp3) is 0.350. The van der Waals surface area contributed by atoms with Gasteiger partial charge in [0.25, 0.3) is 0 Å². The molecule has 0 bridgehead atoms. The fourth-order valence-corrected chi connectivity index (χ4v) is 5.45. The second-order valence-corrected chi connectivity index (χ2v) is 8.86. The van der Waals surface area contributed by atoms with Crippen LogP contribution in [0.4, 0.5) is 5.69 Å². The minimum absolute atomic E-state index is 0.104. The van der Waals surface area contributed by atoms with E-state index in [0.29, 0.717) is 36.5 Å². The quantitative estimate of drug-likeness (QED) is 0.835. The van der Waals surface area contributed by atoms with Gasteiger partial charge in [0.1, 0.15) is 0 Å². The number of anilines is 1. The summed E-state index contributed by atoms with van der Waals surface area (Å²) in [7, 11) is -3.56. The molecule has 2 aromatic carbocycles. The maximum atomic E-state index is 13.2. The van der Waals surface area contributed by atoms with E-state index in [-0.39, 0.29) is 5.91 Å². The molecule has 0 aliphatic carbocycles. The van der Waals surface area contributed by atoms with E-state index in [1.165, 1.54) is 5.56 Å². The first kappa shape index (κ1) is 17.2. The molecule has 2 aliphatic heterocycles. The van der Waals surface area contributed by atoms with Crippen LogP contribution in [0.3, 0.4) is 0 Å². The Bertz CT molecular complexity index is 969. The molecule has 2 heterocycles. The lowest BCUT2D eigenvalue weighted by atomic mass is 10.0. The normalized spacial score (nSPS) is 18.2. The second kappa shape index (κ2) is 6.52. The van der Waals surface area contributed by atoms with E-state index in [9.17, 15) is 13.2 Å². The van der Waals surface area contributed by atoms with Crippen molar-refractivity contribution in [3.63, 3.8) is 0 Å². The minimum Gasteiger partial charge on any atom is -0.312 e. The third kappa shape index (κ3) is 2.93. The number of nitrogens with zero attached hydrogens (tertiary/aromatic N) is 2. The Kier molecular flexibility index (Phi) is 4.32. The molecule has 5 nitrogen and oxygen atoms in total. The van der Waals surface area contributed by atoms with Crippen molar-refractivity contribution in [2.75, 3.05) is 18.0 Å². The van der Waals surface area contributed by atoms with Crippen LogP contribution in [0.25, 0.3) is 0 Å². The standard InChI is InChI=1S/C20H22N2O3S/c1-15-13-18(22-11-4-7-20(22)23)8-9-19(15)26(24,25)21-12-10-16-5-2-3-6-17(16)14-21/h2-3,5-6,8-9,13H,4,7,10-12,14H2,1H3. The molecule has 0 atom stereocenters. The second-order valence-electron chi connectivity index (χ2n) is 6.96. The molecule has 1 saturated heterocycles. The number of carbonyl (C=O) groups excluding carboxylic acids is 1. The highest BCUT2D eigenvalue weighted by atomic mass is 32.2. The van der Waals surface area contributed by atoms with Gasteiger partial charge >= 0.3 is 0 Å². The van der Waals surface area contributed by atoms with Crippen molar-refractivity contribution in [1.82, 2.24) is 4.31 Å². The Morgan fingerprint density at radius 3 is 2.42 bits per heavy atom. The van der Waals surface area contributed by atoms with Crippen LogP contribution in [0.2, 0.25) is 0 Å². The maximum Gasteiger partial charge on any atom is 0.243 e. The molecule has 26 heavy (non-hydrogen) atoms. The summed E-state index contributed by atoms with van der Waals surface area (Å²) in [4.78, 5) is 14.0. The van der Waals surface area contributed by atoms with Gasteiger partial charge in [-0.15, -0.1) is 0 Å². The first-order valence-corrected chi connectivity index (χ1v) is 10.4. The lowest BCUT2D eigenvalue weighted by Gasteiger charge is -2.29. The zero-order valence-electron chi connectivity index (χ0n) is 14.8. The molecule has 0 saturated carbocycles. The van der Waals surface area contributed by atoms with Crippen molar-refractivity contribution in [2.45, 2.75) is 37.6 Å². The predicted octanol–water partition coefficient (Wildman–Crippen LogP) is 2.87. The molecule has 2 aromatic rings. The highest BCUT2D eigenvalue weighted by Gasteiger charge is 2.30. The molecule has 136 valence electrons. The zero-order valence-corrected chi connectivity index (χ0v) is 15.6. The van der Waals surface area contributed by atoms with E-state index >= 15 is 0 Å². The monoisotopic (exact) mass is 370 g/mol. The number of hydrogen-bond donors (Lipinski definition) is 0.